The van der Waals surface area contributed by atoms with Crippen LogP contribution in [0.2, 0.25) is 0 Å². The van der Waals surface area contributed by atoms with Crippen LogP contribution in [0, 0.1) is 34.5 Å². The molecule has 122 valence electrons. The maximum absolute atomic E-state index is 6.97. The molecule has 3 saturated carbocycles. The summed E-state index contributed by atoms with van der Waals surface area (Å²) in [5, 5.41) is 0.418. The first-order chi connectivity index (χ1) is 10.5. The Labute approximate surface area is 141 Å². The standard InChI is InChI=1S/C21H31Cl/c1-4-14-8-9-16-15-13-19(22)18-7-5-6-11-21(18,3)17(15)10-12-20(14,16)2/h4,8,15-19H,1,5-7,9-13H2,2-3H3/t15-,16-,17-,18?,19?,20+,21+/m0/s1. The second-order valence-corrected chi connectivity index (χ2v) is 9.60. The van der Waals surface area contributed by atoms with E-state index in [1.165, 1.54) is 56.9 Å². The number of allylic oxidation sites excluding steroid dienone is 3. The molecule has 0 aromatic carbocycles. The molecule has 0 aromatic heterocycles. The molecule has 4 aliphatic rings. The predicted molar refractivity (Wildman–Crippen MR) is 95.0 cm³/mol. The van der Waals surface area contributed by atoms with Crippen LogP contribution in [0.3, 0.4) is 0 Å². The molecule has 4 rings (SSSR count). The number of hydrogen-bond donors (Lipinski definition) is 0. The zero-order valence-corrected chi connectivity index (χ0v) is 15.0. The van der Waals surface area contributed by atoms with Crippen LogP contribution >= 0.6 is 11.6 Å². The van der Waals surface area contributed by atoms with Crippen LogP contribution in [-0.4, -0.2) is 5.38 Å². The minimum atomic E-state index is 0.386. The summed E-state index contributed by atoms with van der Waals surface area (Å²) in [5.41, 5.74) is 2.43. The van der Waals surface area contributed by atoms with Gasteiger partial charge in [-0.1, -0.05) is 45.4 Å². The van der Waals surface area contributed by atoms with E-state index in [-0.39, 0.29) is 0 Å². The molecule has 7 atom stereocenters. The highest BCUT2D eigenvalue weighted by atomic mass is 35.5. The number of hydrogen-bond acceptors (Lipinski definition) is 0. The Balaban J connectivity index is 1.68. The van der Waals surface area contributed by atoms with Crippen molar-refractivity contribution >= 4 is 11.6 Å². The molecule has 1 heteroatoms. The van der Waals surface area contributed by atoms with Crippen molar-refractivity contribution in [2.24, 2.45) is 34.5 Å². The molecule has 0 radical (unpaired) electrons. The summed E-state index contributed by atoms with van der Waals surface area (Å²) in [6.07, 6.45) is 15.6. The molecule has 0 aromatic rings. The van der Waals surface area contributed by atoms with Gasteiger partial charge in [-0.05, 0) is 78.6 Å². The fourth-order valence-electron chi connectivity index (χ4n) is 7.22. The normalized spacial score (nSPS) is 54.0. The van der Waals surface area contributed by atoms with Crippen LogP contribution < -0.4 is 0 Å². The minimum Gasteiger partial charge on any atom is -0.123 e. The first kappa shape index (κ1) is 15.3. The van der Waals surface area contributed by atoms with Crippen LogP contribution in [0.4, 0.5) is 0 Å². The third-order valence-corrected chi connectivity index (χ3v) is 8.89. The molecular weight excluding hydrogens is 288 g/mol. The Morgan fingerprint density at radius 3 is 2.73 bits per heavy atom. The Kier molecular flexibility index (Phi) is 3.57. The summed E-state index contributed by atoms with van der Waals surface area (Å²) in [7, 11) is 0. The van der Waals surface area contributed by atoms with E-state index in [0.717, 1.165) is 23.7 Å². The van der Waals surface area contributed by atoms with Gasteiger partial charge in [0.2, 0.25) is 0 Å². The zero-order chi connectivity index (χ0) is 15.5. The molecule has 0 bridgehead atoms. The van der Waals surface area contributed by atoms with Crippen LogP contribution in [0.5, 0.6) is 0 Å². The van der Waals surface area contributed by atoms with Crippen molar-refractivity contribution < 1.29 is 0 Å². The van der Waals surface area contributed by atoms with E-state index < -0.39 is 0 Å². The van der Waals surface area contributed by atoms with Crippen LogP contribution in [-0.2, 0) is 0 Å². The fourth-order valence-corrected chi connectivity index (χ4v) is 7.84. The van der Waals surface area contributed by atoms with Crippen molar-refractivity contribution in [2.45, 2.75) is 70.6 Å². The van der Waals surface area contributed by atoms with Gasteiger partial charge >= 0.3 is 0 Å². The molecule has 0 saturated heterocycles. The minimum absolute atomic E-state index is 0.386. The number of halogens is 1. The summed E-state index contributed by atoms with van der Waals surface area (Å²) in [6, 6.07) is 0. The van der Waals surface area contributed by atoms with E-state index in [1.807, 2.05) is 0 Å². The first-order valence-corrected chi connectivity index (χ1v) is 9.91. The van der Waals surface area contributed by atoms with E-state index in [4.69, 9.17) is 11.6 Å². The van der Waals surface area contributed by atoms with Crippen LogP contribution in [0.1, 0.15) is 65.2 Å². The van der Waals surface area contributed by atoms with Gasteiger partial charge in [0.1, 0.15) is 0 Å². The lowest BCUT2D eigenvalue weighted by Gasteiger charge is -2.61. The lowest BCUT2D eigenvalue weighted by molar-refractivity contribution is -0.0959. The molecule has 22 heavy (non-hydrogen) atoms. The summed E-state index contributed by atoms with van der Waals surface area (Å²) in [5.74, 6) is 3.36. The number of alkyl halides is 1. The number of fused-ring (bicyclic) bond motifs is 5. The third kappa shape index (κ3) is 1.89. The molecule has 3 fully saturated rings. The van der Waals surface area contributed by atoms with Gasteiger partial charge < -0.3 is 0 Å². The molecule has 0 spiro atoms. The van der Waals surface area contributed by atoms with E-state index in [2.05, 4.69) is 32.6 Å². The maximum Gasteiger partial charge on any atom is 0.0372 e. The first-order valence-electron chi connectivity index (χ1n) is 9.48. The van der Waals surface area contributed by atoms with E-state index >= 15 is 0 Å². The van der Waals surface area contributed by atoms with Gasteiger partial charge in [-0.15, -0.1) is 11.6 Å². The maximum atomic E-state index is 6.97. The Bertz CT molecular complexity index is 506. The fraction of sp³-hybridized carbons (Fsp3) is 0.810. The summed E-state index contributed by atoms with van der Waals surface area (Å²) < 4.78 is 0. The molecule has 0 heterocycles. The monoisotopic (exact) mass is 318 g/mol. The second kappa shape index (κ2) is 5.13. The second-order valence-electron chi connectivity index (χ2n) is 9.04. The van der Waals surface area contributed by atoms with Gasteiger partial charge in [0.15, 0.2) is 0 Å². The zero-order valence-electron chi connectivity index (χ0n) is 14.3. The Hall–Kier alpha value is -0.230. The SMILES string of the molecule is C=CC1=CC[C@H]2[C@@H]3CC(Cl)C4CCCC[C@]4(C)[C@H]3CC[C@]12C. The van der Waals surface area contributed by atoms with Gasteiger partial charge in [-0.3, -0.25) is 0 Å². The van der Waals surface area contributed by atoms with Crippen molar-refractivity contribution in [1.29, 1.82) is 0 Å². The van der Waals surface area contributed by atoms with Crippen molar-refractivity contribution in [3.05, 3.63) is 24.3 Å². The third-order valence-electron chi connectivity index (χ3n) is 8.41. The highest BCUT2D eigenvalue weighted by molar-refractivity contribution is 6.20. The summed E-state index contributed by atoms with van der Waals surface area (Å²) in [6.45, 7) is 9.19. The smallest absolute Gasteiger partial charge is 0.0372 e. The van der Waals surface area contributed by atoms with Crippen molar-refractivity contribution in [3.63, 3.8) is 0 Å². The van der Waals surface area contributed by atoms with Gasteiger partial charge in [0, 0.05) is 5.38 Å². The molecule has 0 aliphatic heterocycles. The van der Waals surface area contributed by atoms with Crippen molar-refractivity contribution in [1.82, 2.24) is 0 Å². The Morgan fingerprint density at radius 1 is 1.14 bits per heavy atom. The van der Waals surface area contributed by atoms with Crippen molar-refractivity contribution in [2.75, 3.05) is 0 Å². The van der Waals surface area contributed by atoms with Crippen LogP contribution in [0.15, 0.2) is 24.3 Å². The molecule has 4 aliphatic carbocycles. The average Bonchev–Trinajstić information content (AvgIpc) is 2.84. The van der Waals surface area contributed by atoms with E-state index in [0.29, 0.717) is 16.2 Å². The lowest BCUT2D eigenvalue weighted by Crippen LogP contribution is -2.55. The molecular formula is C21H31Cl. The van der Waals surface area contributed by atoms with Crippen molar-refractivity contribution in [3.8, 4) is 0 Å². The molecule has 0 nitrogen and oxygen atoms in total. The molecule has 0 N–H and O–H groups in total. The Morgan fingerprint density at radius 2 is 1.95 bits per heavy atom. The van der Waals surface area contributed by atoms with Gasteiger partial charge in [-0.25, -0.2) is 0 Å². The van der Waals surface area contributed by atoms with Gasteiger partial charge in [0.05, 0.1) is 0 Å². The number of rotatable bonds is 1. The largest absolute Gasteiger partial charge is 0.123 e. The predicted octanol–water partition coefficient (Wildman–Crippen LogP) is 6.36. The lowest BCUT2D eigenvalue weighted by atomic mass is 9.45. The topological polar surface area (TPSA) is 0 Å². The highest BCUT2D eigenvalue weighted by Gasteiger charge is 2.59. The summed E-state index contributed by atoms with van der Waals surface area (Å²) in [4.78, 5) is 0. The van der Waals surface area contributed by atoms with E-state index in [1.54, 1.807) is 0 Å². The summed E-state index contributed by atoms with van der Waals surface area (Å²) >= 11 is 6.97. The molecule has 2 unspecified atom stereocenters. The van der Waals surface area contributed by atoms with E-state index in [9.17, 15) is 0 Å². The van der Waals surface area contributed by atoms with Crippen LogP contribution in [0.25, 0.3) is 0 Å². The molecule has 0 amide bonds. The van der Waals surface area contributed by atoms with Gasteiger partial charge in [0.25, 0.3) is 0 Å². The average molecular weight is 319 g/mol. The highest BCUT2D eigenvalue weighted by Crippen LogP contribution is 2.66. The quantitative estimate of drug-likeness (QED) is 0.493. The van der Waals surface area contributed by atoms with Gasteiger partial charge in [-0.2, -0.15) is 0 Å².